The molecule has 0 aliphatic rings. The zero-order valence-electron chi connectivity index (χ0n) is 17.3. The number of aliphatic hydroxyl groups is 1. The van der Waals surface area contributed by atoms with Crippen molar-refractivity contribution in [2.45, 2.75) is 20.0 Å². The highest BCUT2D eigenvalue weighted by Crippen LogP contribution is 2.26. The maximum absolute atomic E-state index is 11.6. The third-order valence-electron chi connectivity index (χ3n) is 4.14. The van der Waals surface area contributed by atoms with Crippen molar-refractivity contribution < 1.29 is 28.9 Å². The molecule has 1 N–H and O–H groups in total. The number of hydrogen-bond donors (Lipinski definition) is 1. The topological polar surface area (TPSA) is 82.1 Å². The first-order chi connectivity index (χ1) is 14.5. The van der Waals surface area contributed by atoms with E-state index in [4.69, 9.17) is 14.2 Å². The van der Waals surface area contributed by atoms with Crippen LogP contribution in [0.2, 0.25) is 0 Å². The number of carbonyl (C=O) groups is 2. The molecular formula is C24H26O6. The number of benzene rings is 2. The zero-order chi connectivity index (χ0) is 21.9. The summed E-state index contributed by atoms with van der Waals surface area (Å²) < 4.78 is 15.0. The van der Waals surface area contributed by atoms with E-state index in [0.717, 1.165) is 0 Å². The molecule has 2 aromatic rings. The van der Waals surface area contributed by atoms with Gasteiger partial charge in [0.25, 0.3) is 0 Å². The van der Waals surface area contributed by atoms with Crippen molar-refractivity contribution in [1.29, 1.82) is 0 Å². The Hall–Kier alpha value is -3.38. The smallest absolute Gasteiger partial charge is 0.330 e. The lowest BCUT2D eigenvalue weighted by molar-refractivity contribution is -0.138. The Morgan fingerprint density at radius 1 is 0.867 bits per heavy atom. The van der Waals surface area contributed by atoms with Gasteiger partial charge in [-0.15, -0.1) is 0 Å². The van der Waals surface area contributed by atoms with Crippen LogP contribution in [0.1, 0.15) is 42.2 Å². The number of ether oxygens (including phenoxy) is 3. The molecule has 6 heteroatoms. The summed E-state index contributed by atoms with van der Waals surface area (Å²) in [4.78, 5) is 23.3. The largest absolute Gasteiger partial charge is 0.497 e. The van der Waals surface area contributed by atoms with E-state index in [-0.39, 0.29) is 13.2 Å². The van der Waals surface area contributed by atoms with Crippen molar-refractivity contribution in [1.82, 2.24) is 0 Å². The van der Waals surface area contributed by atoms with E-state index in [0.29, 0.717) is 28.0 Å². The van der Waals surface area contributed by atoms with Gasteiger partial charge in [0.2, 0.25) is 0 Å². The molecule has 0 spiro atoms. The number of hydrogen-bond acceptors (Lipinski definition) is 6. The van der Waals surface area contributed by atoms with Crippen LogP contribution >= 0.6 is 0 Å². The summed E-state index contributed by atoms with van der Waals surface area (Å²) in [7, 11) is 1.58. The molecule has 158 valence electrons. The second-order valence-electron chi connectivity index (χ2n) is 6.28. The van der Waals surface area contributed by atoms with Crippen molar-refractivity contribution in [3.8, 4) is 5.75 Å². The van der Waals surface area contributed by atoms with Gasteiger partial charge in [0.1, 0.15) is 11.9 Å². The minimum Gasteiger partial charge on any atom is -0.497 e. The van der Waals surface area contributed by atoms with Gasteiger partial charge in [-0.3, -0.25) is 0 Å². The third-order valence-corrected chi connectivity index (χ3v) is 4.14. The molecular weight excluding hydrogens is 384 g/mol. The maximum atomic E-state index is 11.6. The molecule has 1 unspecified atom stereocenters. The Balaban J connectivity index is 2.38. The first-order valence-corrected chi connectivity index (χ1v) is 9.63. The third kappa shape index (κ3) is 6.90. The van der Waals surface area contributed by atoms with Crippen LogP contribution in [-0.2, 0) is 19.1 Å². The molecule has 0 radical (unpaired) electrons. The molecule has 0 heterocycles. The van der Waals surface area contributed by atoms with E-state index < -0.39 is 18.0 Å². The number of esters is 2. The Morgan fingerprint density at radius 2 is 1.37 bits per heavy atom. The second kappa shape index (κ2) is 11.6. The summed E-state index contributed by atoms with van der Waals surface area (Å²) in [5.41, 5.74) is 2.64. The van der Waals surface area contributed by atoms with Crippen LogP contribution in [0.25, 0.3) is 12.2 Å². The monoisotopic (exact) mass is 410 g/mol. The van der Waals surface area contributed by atoms with Crippen LogP contribution in [0.4, 0.5) is 0 Å². The van der Waals surface area contributed by atoms with Gasteiger partial charge in [0, 0.05) is 12.2 Å². The van der Waals surface area contributed by atoms with Crippen molar-refractivity contribution in [2.24, 2.45) is 0 Å². The van der Waals surface area contributed by atoms with E-state index in [2.05, 4.69) is 0 Å². The van der Waals surface area contributed by atoms with Gasteiger partial charge in [-0.25, -0.2) is 9.59 Å². The average Bonchev–Trinajstić information content (AvgIpc) is 2.76. The summed E-state index contributed by atoms with van der Waals surface area (Å²) >= 11 is 0. The molecule has 0 aliphatic carbocycles. The molecule has 0 aromatic heterocycles. The summed E-state index contributed by atoms with van der Waals surface area (Å²) in [6.45, 7) is 4.03. The van der Waals surface area contributed by atoms with E-state index in [1.54, 1.807) is 75.6 Å². The molecule has 0 bridgehead atoms. The predicted molar refractivity (Wildman–Crippen MR) is 115 cm³/mol. The summed E-state index contributed by atoms with van der Waals surface area (Å²) in [6, 6.07) is 12.4. The Bertz CT molecular complexity index is 866. The van der Waals surface area contributed by atoms with Gasteiger partial charge in [-0.1, -0.05) is 12.1 Å². The molecule has 0 saturated carbocycles. The van der Waals surface area contributed by atoms with Crippen molar-refractivity contribution >= 4 is 24.1 Å². The Kier molecular flexibility index (Phi) is 8.84. The van der Waals surface area contributed by atoms with Crippen molar-refractivity contribution in [3.05, 3.63) is 76.9 Å². The highest BCUT2D eigenvalue weighted by atomic mass is 16.5. The van der Waals surface area contributed by atoms with Crippen LogP contribution in [-0.4, -0.2) is 37.4 Å². The van der Waals surface area contributed by atoms with Crippen LogP contribution < -0.4 is 4.74 Å². The summed E-state index contributed by atoms with van der Waals surface area (Å²) in [5, 5.41) is 10.9. The molecule has 0 amide bonds. The summed E-state index contributed by atoms with van der Waals surface area (Å²) in [5.74, 6) is -0.223. The number of methoxy groups -OCH3 is 1. The molecule has 2 aromatic carbocycles. The minimum atomic E-state index is -0.901. The van der Waals surface area contributed by atoms with Gasteiger partial charge in [-0.2, -0.15) is 0 Å². The predicted octanol–water partition coefficient (Wildman–Crippen LogP) is 3.93. The van der Waals surface area contributed by atoms with Crippen molar-refractivity contribution in [2.75, 3.05) is 20.3 Å². The average molecular weight is 410 g/mol. The first kappa shape index (κ1) is 22.9. The Morgan fingerprint density at radius 3 is 1.80 bits per heavy atom. The van der Waals surface area contributed by atoms with E-state index in [1.165, 1.54) is 12.2 Å². The fourth-order valence-electron chi connectivity index (χ4n) is 2.74. The van der Waals surface area contributed by atoms with Crippen LogP contribution in [0.15, 0.2) is 54.6 Å². The molecule has 30 heavy (non-hydrogen) atoms. The van der Waals surface area contributed by atoms with E-state index in [9.17, 15) is 14.7 Å². The van der Waals surface area contributed by atoms with E-state index >= 15 is 0 Å². The molecule has 1 atom stereocenters. The lowest BCUT2D eigenvalue weighted by Gasteiger charge is -2.14. The molecule has 0 aliphatic heterocycles. The van der Waals surface area contributed by atoms with Gasteiger partial charge in [-0.05, 0) is 78.6 Å². The SMILES string of the molecule is CCOC(=O)/C=C/c1cc(/C=C/C(=O)OCC)cc(C(O)c2ccc(OC)cc2)c1. The lowest BCUT2D eigenvalue weighted by Crippen LogP contribution is -2.02. The fraction of sp³-hybridized carbons (Fsp3) is 0.250. The Labute approximate surface area is 176 Å². The highest BCUT2D eigenvalue weighted by Gasteiger charge is 2.12. The normalized spacial score (nSPS) is 12.1. The van der Waals surface area contributed by atoms with E-state index in [1.807, 2.05) is 0 Å². The van der Waals surface area contributed by atoms with Crippen LogP contribution in [0.3, 0.4) is 0 Å². The number of carbonyl (C=O) groups excluding carboxylic acids is 2. The fourth-order valence-corrected chi connectivity index (χ4v) is 2.74. The van der Waals surface area contributed by atoms with Gasteiger partial charge in [0.05, 0.1) is 20.3 Å². The quantitative estimate of drug-likeness (QED) is 0.498. The molecule has 0 saturated heterocycles. The number of rotatable bonds is 9. The van der Waals surface area contributed by atoms with Crippen LogP contribution in [0.5, 0.6) is 5.75 Å². The standard InChI is InChI=1S/C24H26O6/c1-4-29-22(25)12-6-17-14-18(7-13-23(26)30-5-2)16-20(15-17)24(27)19-8-10-21(28-3)11-9-19/h6-16,24,27H,4-5H2,1-3H3/b12-6+,13-7+. The summed E-state index contributed by atoms with van der Waals surface area (Å²) in [6.07, 6.45) is 4.94. The number of aliphatic hydroxyl groups excluding tert-OH is 1. The van der Waals surface area contributed by atoms with Gasteiger partial charge >= 0.3 is 11.9 Å². The van der Waals surface area contributed by atoms with Crippen LogP contribution in [0, 0.1) is 0 Å². The molecule has 0 fully saturated rings. The minimum absolute atomic E-state index is 0.285. The lowest BCUT2D eigenvalue weighted by atomic mass is 9.96. The first-order valence-electron chi connectivity index (χ1n) is 9.63. The van der Waals surface area contributed by atoms with Gasteiger partial charge < -0.3 is 19.3 Å². The maximum Gasteiger partial charge on any atom is 0.330 e. The molecule has 2 rings (SSSR count). The van der Waals surface area contributed by atoms with Crippen molar-refractivity contribution in [3.63, 3.8) is 0 Å². The van der Waals surface area contributed by atoms with Gasteiger partial charge in [0.15, 0.2) is 0 Å². The highest BCUT2D eigenvalue weighted by molar-refractivity contribution is 5.88. The second-order valence-corrected chi connectivity index (χ2v) is 6.28. The zero-order valence-corrected chi connectivity index (χ0v) is 17.3. The molecule has 6 nitrogen and oxygen atoms in total.